The molecule has 1 aliphatic carbocycles. The average molecular weight is 400 g/mol. The second-order valence-corrected chi connectivity index (χ2v) is 6.91. The van der Waals surface area contributed by atoms with Gasteiger partial charge in [-0.2, -0.15) is 5.10 Å². The minimum Gasteiger partial charge on any atom is -0.351 e. The van der Waals surface area contributed by atoms with E-state index in [-0.39, 0.29) is 24.4 Å². The van der Waals surface area contributed by atoms with E-state index in [1.807, 2.05) is 30.5 Å². The number of carbonyl (C=O) groups excluding carboxylic acids is 1. The molecule has 2 aromatic rings. The van der Waals surface area contributed by atoms with Crippen molar-refractivity contribution in [1.82, 2.24) is 15.5 Å². The zero-order valence-corrected chi connectivity index (χ0v) is 15.2. The summed E-state index contributed by atoms with van der Waals surface area (Å²) in [5.74, 6) is -0.147. The van der Waals surface area contributed by atoms with Gasteiger partial charge in [-0.05, 0) is 49.4 Å². The van der Waals surface area contributed by atoms with E-state index in [9.17, 15) is 4.79 Å². The Bertz CT molecular complexity index is 684. The summed E-state index contributed by atoms with van der Waals surface area (Å²) in [6, 6.07) is 7.64. The number of aryl methyl sites for hydroxylation is 1. The molecule has 4 N–H and O–H groups in total. The van der Waals surface area contributed by atoms with Crippen molar-refractivity contribution in [3.8, 4) is 0 Å². The van der Waals surface area contributed by atoms with Gasteiger partial charge >= 0.3 is 0 Å². The highest BCUT2D eigenvalue weighted by Crippen LogP contribution is 2.23. The maximum absolute atomic E-state index is 12.6. The summed E-state index contributed by atoms with van der Waals surface area (Å²) >= 11 is 3.39. The molecule has 1 amide bonds. The van der Waals surface area contributed by atoms with Crippen molar-refractivity contribution in [1.29, 1.82) is 0 Å². The molecule has 0 saturated carbocycles. The average Bonchev–Trinajstić information content (AvgIpc) is 2.95. The molecule has 2 unspecified atom stereocenters. The number of hydrogen-bond acceptors (Lipinski definition) is 3. The lowest BCUT2D eigenvalue weighted by atomic mass is 9.89. The number of fused-ring (bicyclic) bond motifs is 1. The smallest absolute Gasteiger partial charge is 0.244 e. The van der Waals surface area contributed by atoms with Crippen molar-refractivity contribution >= 4 is 34.2 Å². The van der Waals surface area contributed by atoms with Gasteiger partial charge < -0.3 is 11.1 Å². The van der Waals surface area contributed by atoms with Gasteiger partial charge in [0.25, 0.3) is 0 Å². The Morgan fingerprint density at radius 3 is 2.83 bits per heavy atom. The highest BCUT2D eigenvalue weighted by atomic mass is 79.9. The molecule has 1 aliphatic rings. The van der Waals surface area contributed by atoms with Gasteiger partial charge in [-0.1, -0.05) is 28.1 Å². The van der Waals surface area contributed by atoms with E-state index in [1.54, 1.807) is 6.92 Å². The number of halogens is 2. The highest BCUT2D eigenvalue weighted by Gasteiger charge is 2.33. The van der Waals surface area contributed by atoms with Crippen LogP contribution in [0.2, 0.25) is 0 Å². The van der Waals surface area contributed by atoms with Crippen molar-refractivity contribution in [2.75, 3.05) is 0 Å². The van der Waals surface area contributed by atoms with Gasteiger partial charge in [0, 0.05) is 16.2 Å². The van der Waals surface area contributed by atoms with E-state index in [1.165, 1.54) is 11.3 Å². The zero-order chi connectivity index (χ0) is 15.7. The molecule has 124 valence electrons. The summed E-state index contributed by atoms with van der Waals surface area (Å²) in [5.41, 5.74) is 8.39. The quantitative estimate of drug-likeness (QED) is 0.741. The Morgan fingerprint density at radius 2 is 2.13 bits per heavy atom. The number of H-pyrrole nitrogens is 1. The molecule has 7 heteroatoms. The third-order valence-electron chi connectivity index (χ3n) is 4.27. The Balaban J connectivity index is 0.00000192. The van der Waals surface area contributed by atoms with Crippen LogP contribution in [0.25, 0.3) is 0 Å². The molecule has 1 aromatic heterocycles. The highest BCUT2D eigenvalue weighted by molar-refractivity contribution is 9.10. The summed E-state index contributed by atoms with van der Waals surface area (Å²) in [7, 11) is 0. The molecule has 0 saturated heterocycles. The second-order valence-electron chi connectivity index (χ2n) is 6.00. The largest absolute Gasteiger partial charge is 0.351 e. The molecule has 3 rings (SSSR count). The molecule has 0 radical (unpaired) electrons. The number of nitrogens with zero attached hydrogens (tertiary/aromatic N) is 1. The third kappa shape index (κ3) is 3.76. The van der Waals surface area contributed by atoms with Gasteiger partial charge in [0.1, 0.15) is 5.54 Å². The lowest BCUT2D eigenvalue weighted by Gasteiger charge is -2.29. The molecule has 2 atom stereocenters. The molecular weight excluding hydrogens is 380 g/mol. The standard InChI is InChI=1S/C16H19BrN4O.ClH/c1-16(18,11-2-4-12(17)5-3-11)15(22)20-13-6-7-14-10(8-13)9-19-21-14;/h2-5,9,13H,6-8,18H2,1H3,(H,19,21)(H,20,22);1H. The molecule has 0 spiro atoms. The van der Waals surface area contributed by atoms with Gasteiger partial charge in [-0.25, -0.2) is 0 Å². The van der Waals surface area contributed by atoms with Crippen LogP contribution >= 0.6 is 28.3 Å². The van der Waals surface area contributed by atoms with Crippen LogP contribution in [0, 0.1) is 0 Å². The first-order valence-corrected chi connectivity index (χ1v) is 8.13. The first-order valence-electron chi connectivity index (χ1n) is 7.34. The van der Waals surface area contributed by atoms with E-state index >= 15 is 0 Å². The van der Waals surface area contributed by atoms with Gasteiger partial charge in [-0.3, -0.25) is 9.89 Å². The predicted molar refractivity (Wildman–Crippen MR) is 95.5 cm³/mol. The number of amides is 1. The number of aromatic nitrogens is 2. The van der Waals surface area contributed by atoms with Crippen LogP contribution in [0.15, 0.2) is 34.9 Å². The zero-order valence-electron chi connectivity index (χ0n) is 12.8. The fourth-order valence-electron chi connectivity index (χ4n) is 2.80. The van der Waals surface area contributed by atoms with Crippen molar-refractivity contribution in [2.45, 2.75) is 37.8 Å². The summed E-state index contributed by atoms with van der Waals surface area (Å²) in [5, 5.41) is 10.1. The third-order valence-corrected chi connectivity index (χ3v) is 4.80. The summed E-state index contributed by atoms with van der Waals surface area (Å²) in [4.78, 5) is 12.6. The topological polar surface area (TPSA) is 83.8 Å². The van der Waals surface area contributed by atoms with Crippen molar-refractivity contribution in [2.24, 2.45) is 5.73 Å². The lowest BCUT2D eigenvalue weighted by Crippen LogP contribution is -2.52. The molecular formula is C16H20BrClN4O. The Hall–Kier alpha value is -1.37. The first-order chi connectivity index (χ1) is 10.5. The summed E-state index contributed by atoms with van der Waals surface area (Å²) in [6.07, 6.45) is 4.44. The monoisotopic (exact) mass is 398 g/mol. The van der Waals surface area contributed by atoms with E-state index in [4.69, 9.17) is 5.73 Å². The van der Waals surface area contributed by atoms with Gasteiger partial charge in [0.2, 0.25) is 5.91 Å². The maximum Gasteiger partial charge on any atom is 0.244 e. The van der Waals surface area contributed by atoms with E-state index in [0.717, 1.165) is 29.3 Å². The van der Waals surface area contributed by atoms with Crippen LogP contribution in [-0.2, 0) is 23.2 Å². The number of benzene rings is 1. The molecule has 0 aliphatic heterocycles. The van der Waals surface area contributed by atoms with Crippen LogP contribution in [0.3, 0.4) is 0 Å². The van der Waals surface area contributed by atoms with Gasteiger partial charge in [-0.15, -0.1) is 12.4 Å². The molecule has 1 heterocycles. The van der Waals surface area contributed by atoms with Gasteiger partial charge in [0.05, 0.1) is 6.20 Å². The van der Waals surface area contributed by atoms with E-state index < -0.39 is 5.54 Å². The molecule has 0 bridgehead atoms. The molecule has 1 aromatic carbocycles. The second kappa shape index (κ2) is 7.03. The molecule has 23 heavy (non-hydrogen) atoms. The number of nitrogens with two attached hydrogens (primary N) is 1. The SMILES string of the molecule is CC(N)(C(=O)NC1CCc2[nH]ncc2C1)c1ccc(Br)cc1.Cl. The number of carbonyl (C=O) groups is 1. The first kappa shape index (κ1) is 18.0. The van der Waals surface area contributed by atoms with E-state index in [2.05, 4.69) is 31.4 Å². The van der Waals surface area contributed by atoms with Crippen molar-refractivity contribution < 1.29 is 4.79 Å². The Morgan fingerprint density at radius 1 is 1.43 bits per heavy atom. The minimum absolute atomic E-state index is 0. The van der Waals surface area contributed by atoms with Crippen LogP contribution in [0.5, 0.6) is 0 Å². The maximum atomic E-state index is 12.6. The van der Waals surface area contributed by atoms with E-state index in [0.29, 0.717) is 0 Å². The molecule has 5 nitrogen and oxygen atoms in total. The number of aromatic amines is 1. The number of rotatable bonds is 3. The fraction of sp³-hybridized carbons (Fsp3) is 0.375. The van der Waals surface area contributed by atoms with Crippen LogP contribution in [0.4, 0.5) is 0 Å². The van der Waals surface area contributed by atoms with Gasteiger partial charge in [0.15, 0.2) is 0 Å². The van der Waals surface area contributed by atoms with Crippen LogP contribution in [-0.4, -0.2) is 22.1 Å². The minimum atomic E-state index is -1.04. The van der Waals surface area contributed by atoms with Crippen LogP contribution < -0.4 is 11.1 Å². The Kier molecular flexibility index (Phi) is 5.49. The number of nitrogens with one attached hydrogen (secondary N) is 2. The summed E-state index contributed by atoms with van der Waals surface area (Å²) < 4.78 is 0.965. The normalized spacial score (nSPS) is 19.2. The lowest BCUT2D eigenvalue weighted by molar-refractivity contribution is -0.126. The van der Waals surface area contributed by atoms with Crippen molar-refractivity contribution in [3.63, 3.8) is 0 Å². The van der Waals surface area contributed by atoms with Crippen molar-refractivity contribution in [3.05, 3.63) is 51.8 Å². The predicted octanol–water partition coefficient (Wildman–Crippen LogP) is 2.44. The Labute approximate surface area is 150 Å². The van der Waals surface area contributed by atoms with Crippen LogP contribution in [0.1, 0.15) is 30.2 Å². The number of hydrogen-bond donors (Lipinski definition) is 3. The fourth-order valence-corrected chi connectivity index (χ4v) is 3.07. The molecule has 0 fully saturated rings. The summed E-state index contributed by atoms with van der Waals surface area (Å²) in [6.45, 7) is 1.75.